The fraction of sp³-hybridized carbons (Fsp3) is 0.208. The average Bonchev–Trinajstić information content (AvgIpc) is 3.14. The molecule has 0 saturated carbocycles. The van der Waals surface area contributed by atoms with Gasteiger partial charge in [-0.2, -0.15) is 0 Å². The van der Waals surface area contributed by atoms with Crippen LogP contribution in [-0.2, 0) is 13.2 Å². The van der Waals surface area contributed by atoms with Crippen molar-refractivity contribution in [1.82, 2.24) is 9.55 Å². The highest BCUT2D eigenvalue weighted by atomic mass is 35.5. The number of aromatic nitrogens is 2. The maximum atomic E-state index is 10.7. The number of benzene rings is 3. The van der Waals surface area contributed by atoms with E-state index in [0.29, 0.717) is 33.9 Å². The Morgan fingerprint density at radius 1 is 0.969 bits per heavy atom. The second-order valence-electron chi connectivity index (χ2n) is 7.13. The van der Waals surface area contributed by atoms with Crippen molar-refractivity contribution in [2.45, 2.75) is 19.3 Å². The van der Waals surface area contributed by atoms with Crippen LogP contribution in [0.2, 0.25) is 10.0 Å². The Morgan fingerprint density at radius 3 is 2.47 bits per heavy atom. The van der Waals surface area contributed by atoms with Gasteiger partial charge in [-0.05, 0) is 54.6 Å². The molecule has 3 aromatic carbocycles. The normalized spacial score (nSPS) is 12.0. The number of fused-ring (bicyclic) bond motifs is 1. The molecule has 0 amide bonds. The van der Waals surface area contributed by atoms with E-state index in [9.17, 15) is 5.11 Å². The summed E-state index contributed by atoms with van der Waals surface area (Å²) in [5, 5.41) is 11.6. The molecule has 0 aliphatic heterocycles. The summed E-state index contributed by atoms with van der Waals surface area (Å²) in [5.41, 5.74) is 1.72. The van der Waals surface area contributed by atoms with E-state index in [1.54, 1.807) is 37.4 Å². The third-order valence-electron chi connectivity index (χ3n) is 4.88. The summed E-state index contributed by atoms with van der Waals surface area (Å²) in [6, 6.07) is 20.0. The van der Waals surface area contributed by atoms with E-state index in [-0.39, 0.29) is 13.2 Å². The molecule has 0 radical (unpaired) electrons. The molecular formula is C24H22Cl2N2O4. The SMILES string of the molecule is COc1ccc(OCC(O)Cn2c(COc3ccc(Cl)cc3Cl)nc3ccccc32)cc1. The standard InChI is InChI=1S/C24H22Cl2N2O4/c1-30-18-7-9-19(10-8-18)31-14-17(29)13-28-22-5-3-2-4-21(22)27-24(28)15-32-23-11-6-16(25)12-20(23)26/h2-12,17,29H,13-15H2,1H3. The number of hydrogen-bond donors (Lipinski definition) is 1. The lowest BCUT2D eigenvalue weighted by Gasteiger charge is -2.16. The fourth-order valence-electron chi connectivity index (χ4n) is 3.30. The van der Waals surface area contributed by atoms with Crippen molar-refractivity contribution in [3.8, 4) is 17.2 Å². The van der Waals surface area contributed by atoms with Crippen LogP contribution in [-0.4, -0.2) is 34.5 Å². The van der Waals surface area contributed by atoms with Gasteiger partial charge in [-0.1, -0.05) is 35.3 Å². The molecule has 8 heteroatoms. The number of ether oxygens (including phenoxy) is 3. The zero-order chi connectivity index (χ0) is 22.5. The lowest BCUT2D eigenvalue weighted by molar-refractivity contribution is 0.0917. The van der Waals surface area contributed by atoms with Gasteiger partial charge < -0.3 is 23.9 Å². The van der Waals surface area contributed by atoms with Gasteiger partial charge in [-0.3, -0.25) is 0 Å². The Morgan fingerprint density at radius 2 is 1.72 bits per heavy atom. The highest BCUT2D eigenvalue weighted by Crippen LogP contribution is 2.28. The van der Waals surface area contributed by atoms with Crippen LogP contribution < -0.4 is 14.2 Å². The van der Waals surface area contributed by atoms with Gasteiger partial charge in [-0.25, -0.2) is 4.98 Å². The van der Waals surface area contributed by atoms with Crippen LogP contribution in [0.1, 0.15) is 5.82 Å². The number of imidazole rings is 1. The maximum Gasteiger partial charge on any atom is 0.148 e. The third kappa shape index (κ3) is 5.27. The summed E-state index contributed by atoms with van der Waals surface area (Å²) in [6.45, 7) is 0.605. The summed E-state index contributed by atoms with van der Waals surface area (Å²) in [6.07, 6.45) is -0.757. The van der Waals surface area contributed by atoms with Crippen molar-refractivity contribution in [1.29, 1.82) is 0 Å². The molecule has 1 N–H and O–H groups in total. The number of methoxy groups -OCH3 is 1. The molecule has 32 heavy (non-hydrogen) atoms. The molecule has 6 nitrogen and oxygen atoms in total. The van der Waals surface area contributed by atoms with E-state index < -0.39 is 6.10 Å². The number of nitrogens with zero attached hydrogens (tertiary/aromatic N) is 2. The molecule has 4 aromatic rings. The highest BCUT2D eigenvalue weighted by molar-refractivity contribution is 6.35. The summed E-state index contributed by atoms with van der Waals surface area (Å²) in [5.74, 6) is 2.58. The quantitative estimate of drug-likeness (QED) is 0.354. The first-order valence-corrected chi connectivity index (χ1v) is 10.8. The van der Waals surface area contributed by atoms with E-state index >= 15 is 0 Å². The van der Waals surface area contributed by atoms with Gasteiger partial charge in [0, 0.05) is 5.02 Å². The van der Waals surface area contributed by atoms with Crippen LogP contribution >= 0.6 is 23.2 Å². The minimum atomic E-state index is -0.757. The van der Waals surface area contributed by atoms with E-state index in [2.05, 4.69) is 4.98 Å². The lowest BCUT2D eigenvalue weighted by Crippen LogP contribution is -2.25. The molecule has 1 unspecified atom stereocenters. The molecular weight excluding hydrogens is 451 g/mol. The van der Waals surface area contributed by atoms with Crippen molar-refractivity contribution >= 4 is 34.2 Å². The highest BCUT2D eigenvalue weighted by Gasteiger charge is 2.16. The van der Waals surface area contributed by atoms with Gasteiger partial charge in [0.2, 0.25) is 0 Å². The number of aliphatic hydroxyl groups excluding tert-OH is 1. The maximum absolute atomic E-state index is 10.7. The monoisotopic (exact) mass is 472 g/mol. The number of halogens is 2. The van der Waals surface area contributed by atoms with Crippen LogP contribution in [0, 0.1) is 0 Å². The van der Waals surface area contributed by atoms with Gasteiger partial charge in [0.05, 0.1) is 29.7 Å². The predicted molar refractivity (Wildman–Crippen MR) is 125 cm³/mol. The Bertz CT molecular complexity index is 1190. The van der Waals surface area contributed by atoms with Gasteiger partial charge >= 0.3 is 0 Å². The molecule has 166 valence electrons. The minimum absolute atomic E-state index is 0.127. The third-order valence-corrected chi connectivity index (χ3v) is 5.41. The zero-order valence-corrected chi connectivity index (χ0v) is 18.9. The first-order chi connectivity index (χ1) is 15.5. The summed E-state index contributed by atoms with van der Waals surface area (Å²) in [7, 11) is 1.61. The van der Waals surface area contributed by atoms with E-state index in [0.717, 1.165) is 16.8 Å². The Hall–Kier alpha value is -2.93. The first kappa shape index (κ1) is 22.3. The van der Waals surface area contributed by atoms with E-state index in [1.165, 1.54) is 0 Å². The van der Waals surface area contributed by atoms with Crippen molar-refractivity contribution in [3.63, 3.8) is 0 Å². The van der Waals surface area contributed by atoms with Crippen LogP contribution in [0.3, 0.4) is 0 Å². The van der Waals surface area contributed by atoms with Crippen LogP contribution in [0.15, 0.2) is 66.7 Å². The minimum Gasteiger partial charge on any atom is -0.497 e. The van der Waals surface area contributed by atoms with Gasteiger partial charge in [0.1, 0.15) is 42.4 Å². The molecule has 0 bridgehead atoms. The molecule has 0 fully saturated rings. The summed E-state index contributed by atoms with van der Waals surface area (Å²) >= 11 is 12.2. The largest absolute Gasteiger partial charge is 0.497 e. The Kier molecular flexibility index (Phi) is 7.05. The molecule has 1 heterocycles. The van der Waals surface area contributed by atoms with Crippen LogP contribution in [0.4, 0.5) is 0 Å². The first-order valence-electron chi connectivity index (χ1n) is 10.0. The van der Waals surface area contributed by atoms with Crippen molar-refractivity contribution in [2.24, 2.45) is 0 Å². The fourth-order valence-corrected chi connectivity index (χ4v) is 3.76. The predicted octanol–water partition coefficient (Wildman–Crippen LogP) is 5.37. The lowest BCUT2D eigenvalue weighted by atomic mass is 10.3. The molecule has 0 aliphatic carbocycles. The number of aliphatic hydroxyl groups is 1. The summed E-state index contributed by atoms with van der Waals surface area (Å²) < 4.78 is 18.7. The van der Waals surface area contributed by atoms with Gasteiger partial charge in [-0.15, -0.1) is 0 Å². The smallest absolute Gasteiger partial charge is 0.148 e. The number of rotatable bonds is 9. The molecule has 0 spiro atoms. The van der Waals surface area contributed by atoms with E-state index in [4.69, 9.17) is 37.4 Å². The molecule has 1 atom stereocenters. The van der Waals surface area contributed by atoms with Crippen molar-refractivity contribution in [2.75, 3.05) is 13.7 Å². The van der Waals surface area contributed by atoms with Crippen LogP contribution in [0.5, 0.6) is 17.2 Å². The summed E-state index contributed by atoms with van der Waals surface area (Å²) in [4.78, 5) is 4.67. The Labute approximate surface area is 195 Å². The molecule has 4 rings (SSSR count). The second kappa shape index (κ2) is 10.1. The molecule has 0 aliphatic rings. The molecule has 0 saturated heterocycles. The van der Waals surface area contributed by atoms with Gasteiger partial charge in [0.15, 0.2) is 0 Å². The molecule has 1 aromatic heterocycles. The van der Waals surface area contributed by atoms with Crippen molar-refractivity contribution < 1.29 is 19.3 Å². The van der Waals surface area contributed by atoms with Crippen LogP contribution in [0.25, 0.3) is 11.0 Å². The zero-order valence-electron chi connectivity index (χ0n) is 17.4. The van der Waals surface area contributed by atoms with E-state index in [1.807, 2.05) is 41.0 Å². The number of hydrogen-bond acceptors (Lipinski definition) is 5. The van der Waals surface area contributed by atoms with Crippen molar-refractivity contribution in [3.05, 3.63) is 82.6 Å². The number of para-hydroxylation sites is 2. The van der Waals surface area contributed by atoms with Gasteiger partial charge in [0.25, 0.3) is 0 Å². The topological polar surface area (TPSA) is 65.7 Å². The average molecular weight is 473 g/mol. The second-order valence-corrected chi connectivity index (χ2v) is 7.97. The Balaban J connectivity index is 1.47.